The number of carbonyl (C=O) groups excluding carboxylic acids is 2. The van der Waals surface area contributed by atoms with Crippen molar-refractivity contribution in [2.24, 2.45) is 0 Å². The summed E-state index contributed by atoms with van der Waals surface area (Å²) in [6.45, 7) is 5.36. The number of aliphatic hydroxyl groups is 1. The van der Waals surface area contributed by atoms with Crippen LogP contribution in [0.25, 0.3) is 5.76 Å². The summed E-state index contributed by atoms with van der Waals surface area (Å²) in [4.78, 5) is 31.9. The third-order valence-corrected chi connectivity index (χ3v) is 6.42. The first-order chi connectivity index (χ1) is 16.9. The fourth-order valence-electron chi connectivity index (χ4n) is 4.31. The van der Waals surface area contributed by atoms with Crippen LogP contribution in [0.5, 0.6) is 5.75 Å². The number of amides is 1. The molecule has 1 aliphatic rings. The summed E-state index contributed by atoms with van der Waals surface area (Å²) in [5.74, 6) is -1.11. The Kier molecular flexibility index (Phi) is 7.56. The molecule has 0 saturated carbocycles. The number of carbonyl (C=O) groups is 2. The predicted octanol–water partition coefficient (Wildman–Crippen LogP) is 5.01. The summed E-state index contributed by atoms with van der Waals surface area (Å²) in [6, 6.07) is 11.9. The number of hydrogen-bond acceptors (Lipinski definition) is 5. The summed E-state index contributed by atoms with van der Waals surface area (Å²) < 4.78 is 7.39. The number of aryl methyl sites for hydroxylation is 2. The molecule has 0 radical (unpaired) electrons. The summed E-state index contributed by atoms with van der Waals surface area (Å²) in [7, 11) is 0. The lowest BCUT2D eigenvalue weighted by Gasteiger charge is -2.25. The monoisotopic (exact) mass is 493 g/mol. The maximum absolute atomic E-state index is 13.2. The summed E-state index contributed by atoms with van der Waals surface area (Å²) in [5.41, 5.74) is 2.32. The van der Waals surface area contributed by atoms with Gasteiger partial charge in [0, 0.05) is 31.0 Å². The van der Waals surface area contributed by atoms with Gasteiger partial charge in [-0.25, -0.2) is 4.98 Å². The normalized spacial score (nSPS) is 17.2. The number of rotatable bonds is 9. The molecule has 0 spiro atoms. The standard InChI is InChI=1S/C27H28ClN3O4/c1-3-18-6-8-19(9-7-18)24-23(25(32)20-10-11-22(35-4-2)21(28)16-20)26(33)27(34)31(24)14-5-13-30-15-12-29-17-30/h6-12,15-17,24,32H,3-5,13-14H2,1-2H3/t24-/m0/s1. The number of halogens is 1. The van der Waals surface area contributed by atoms with Gasteiger partial charge in [-0.3, -0.25) is 9.59 Å². The molecule has 0 aliphatic carbocycles. The van der Waals surface area contributed by atoms with Gasteiger partial charge in [-0.2, -0.15) is 0 Å². The molecule has 1 amide bonds. The van der Waals surface area contributed by atoms with Gasteiger partial charge in [-0.1, -0.05) is 42.8 Å². The molecule has 2 heterocycles. The van der Waals surface area contributed by atoms with E-state index in [1.54, 1.807) is 35.6 Å². The third-order valence-electron chi connectivity index (χ3n) is 6.12. The van der Waals surface area contributed by atoms with Crippen molar-refractivity contribution in [3.63, 3.8) is 0 Å². The van der Waals surface area contributed by atoms with Crippen molar-refractivity contribution < 1.29 is 19.4 Å². The average molecular weight is 494 g/mol. The highest BCUT2D eigenvalue weighted by Gasteiger charge is 2.45. The van der Waals surface area contributed by atoms with Gasteiger partial charge in [0.05, 0.1) is 29.6 Å². The van der Waals surface area contributed by atoms with Crippen LogP contribution in [0.3, 0.4) is 0 Å². The van der Waals surface area contributed by atoms with E-state index in [-0.39, 0.29) is 11.3 Å². The molecular weight excluding hydrogens is 466 g/mol. The fourth-order valence-corrected chi connectivity index (χ4v) is 4.55. The number of nitrogens with zero attached hydrogens (tertiary/aromatic N) is 3. The van der Waals surface area contributed by atoms with Crippen molar-refractivity contribution in [1.29, 1.82) is 0 Å². The number of aliphatic hydroxyl groups excluding tert-OH is 1. The molecule has 8 heteroatoms. The maximum Gasteiger partial charge on any atom is 0.295 e. The Morgan fingerprint density at radius 2 is 1.89 bits per heavy atom. The number of benzene rings is 2. The molecule has 35 heavy (non-hydrogen) atoms. The van der Waals surface area contributed by atoms with Gasteiger partial charge in [0.15, 0.2) is 0 Å². The zero-order chi connectivity index (χ0) is 24.9. The second kappa shape index (κ2) is 10.8. The minimum absolute atomic E-state index is 0.0575. The van der Waals surface area contributed by atoms with E-state index in [0.717, 1.165) is 17.5 Å². The molecule has 7 nitrogen and oxygen atoms in total. The first-order valence-corrected chi connectivity index (χ1v) is 12.1. The lowest BCUT2D eigenvalue weighted by Crippen LogP contribution is -2.31. The molecule has 1 aliphatic heterocycles. The lowest BCUT2D eigenvalue weighted by molar-refractivity contribution is -0.139. The Balaban J connectivity index is 1.73. The number of Topliss-reactive ketones (excluding diaryl/α,β-unsaturated/α-hetero) is 1. The Labute approximate surface area is 209 Å². The smallest absolute Gasteiger partial charge is 0.295 e. The largest absolute Gasteiger partial charge is 0.507 e. The number of hydrogen-bond donors (Lipinski definition) is 1. The van der Waals surface area contributed by atoms with Gasteiger partial charge in [-0.05, 0) is 49.1 Å². The molecule has 0 bridgehead atoms. The maximum atomic E-state index is 13.2. The van der Waals surface area contributed by atoms with E-state index in [1.807, 2.05) is 42.0 Å². The number of aromatic nitrogens is 2. The summed E-state index contributed by atoms with van der Waals surface area (Å²) in [5, 5.41) is 11.6. The Hall–Kier alpha value is -3.58. The zero-order valence-electron chi connectivity index (χ0n) is 19.8. The van der Waals surface area contributed by atoms with Crippen LogP contribution in [0, 0.1) is 0 Å². The number of imidazole rings is 1. The van der Waals surface area contributed by atoms with Gasteiger partial charge >= 0.3 is 0 Å². The first kappa shape index (κ1) is 24.5. The van der Waals surface area contributed by atoms with Gasteiger partial charge in [0.1, 0.15) is 11.5 Å². The van der Waals surface area contributed by atoms with Crippen molar-refractivity contribution in [2.45, 2.75) is 39.3 Å². The highest BCUT2D eigenvalue weighted by molar-refractivity contribution is 6.46. The van der Waals surface area contributed by atoms with E-state index < -0.39 is 17.7 Å². The molecule has 1 N–H and O–H groups in total. The van der Waals surface area contributed by atoms with Crippen LogP contribution < -0.4 is 4.74 Å². The van der Waals surface area contributed by atoms with Gasteiger partial charge in [0.2, 0.25) is 0 Å². The van der Waals surface area contributed by atoms with Gasteiger partial charge in [0.25, 0.3) is 11.7 Å². The van der Waals surface area contributed by atoms with E-state index >= 15 is 0 Å². The average Bonchev–Trinajstić information content (AvgIpc) is 3.47. The van der Waals surface area contributed by atoms with E-state index in [1.165, 1.54) is 0 Å². The molecule has 182 valence electrons. The highest BCUT2D eigenvalue weighted by atomic mass is 35.5. The summed E-state index contributed by atoms with van der Waals surface area (Å²) >= 11 is 6.33. The van der Waals surface area contributed by atoms with Crippen molar-refractivity contribution in [2.75, 3.05) is 13.2 Å². The molecule has 1 atom stereocenters. The topological polar surface area (TPSA) is 84.7 Å². The van der Waals surface area contributed by atoms with Gasteiger partial charge in [-0.15, -0.1) is 0 Å². The Morgan fingerprint density at radius 3 is 2.51 bits per heavy atom. The first-order valence-electron chi connectivity index (χ1n) is 11.7. The quantitative estimate of drug-likeness (QED) is 0.257. The molecular formula is C27H28ClN3O4. The second-order valence-corrected chi connectivity index (χ2v) is 8.73. The van der Waals surface area contributed by atoms with Crippen LogP contribution in [0.1, 0.15) is 43.0 Å². The number of likely N-dealkylation sites (tertiary alicyclic amines) is 1. The molecule has 1 saturated heterocycles. The van der Waals surface area contributed by atoms with Crippen molar-refractivity contribution in [3.05, 3.63) is 88.5 Å². The van der Waals surface area contributed by atoms with E-state index in [2.05, 4.69) is 11.9 Å². The van der Waals surface area contributed by atoms with Gasteiger partial charge < -0.3 is 19.3 Å². The summed E-state index contributed by atoms with van der Waals surface area (Å²) in [6.07, 6.45) is 6.76. The molecule has 0 unspecified atom stereocenters. The predicted molar refractivity (Wildman–Crippen MR) is 134 cm³/mol. The molecule has 1 aromatic heterocycles. The van der Waals surface area contributed by atoms with E-state index in [4.69, 9.17) is 16.3 Å². The minimum Gasteiger partial charge on any atom is -0.507 e. The van der Waals surface area contributed by atoms with Crippen LogP contribution >= 0.6 is 11.6 Å². The van der Waals surface area contributed by atoms with Crippen molar-refractivity contribution in [1.82, 2.24) is 14.5 Å². The minimum atomic E-state index is -0.709. The van der Waals surface area contributed by atoms with E-state index in [9.17, 15) is 14.7 Å². The lowest BCUT2D eigenvalue weighted by atomic mass is 9.94. The van der Waals surface area contributed by atoms with Crippen LogP contribution in [0.4, 0.5) is 0 Å². The Bertz CT molecular complexity index is 1240. The molecule has 2 aromatic carbocycles. The third kappa shape index (κ3) is 5.10. The van der Waals surface area contributed by atoms with Crippen LogP contribution in [0.2, 0.25) is 5.02 Å². The molecule has 1 fully saturated rings. The Morgan fingerprint density at radius 1 is 1.11 bits per heavy atom. The fraction of sp³-hybridized carbons (Fsp3) is 0.296. The van der Waals surface area contributed by atoms with Crippen molar-refractivity contribution >= 4 is 29.1 Å². The van der Waals surface area contributed by atoms with Crippen LogP contribution in [-0.2, 0) is 22.6 Å². The van der Waals surface area contributed by atoms with Crippen molar-refractivity contribution in [3.8, 4) is 5.75 Å². The highest BCUT2D eigenvalue weighted by Crippen LogP contribution is 2.40. The second-order valence-electron chi connectivity index (χ2n) is 8.32. The zero-order valence-corrected chi connectivity index (χ0v) is 20.5. The van der Waals surface area contributed by atoms with E-state index in [0.29, 0.717) is 42.5 Å². The van der Waals surface area contributed by atoms with Crippen LogP contribution in [-0.4, -0.2) is 44.4 Å². The molecule has 4 rings (SSSR count). The number of ketones is 1. The molecule has 3 aromatic rings. The van der Waals surface area contributed by atoms with Crippen LogP contribution in [0.15, 0.2) is 66.8 Å². The SMILES string of the molecule is CCOc1ccc(C(O)=C2C(=O)C(=O)N(CCCn3ccnc3)[C@H]2c2ccc(CC)cc2)cc1Cl. The number of ether oxygens (including phenoxy) is 1.